The van der Waals surface area contributed by atoms with Crippen LogP contribution in [0.1, 0.15) is 44.9 Å². The van der Waals surface area contributed by atoms with E-state index in [-0.39, 0.29) is 23.7 Å². The zero-order valence-electron chi connectivity index (χ0n) is 14.1. The highest BCUT2D eigenvalue weighted by Crippen LogP contribution is 2.35. The molecule has 1 atom stereocenters. The van der Waals surface area contributed by atoms with Crippen molar-refractivity contribution in [1.29, 1.82) is 0 Å². The third-order valence-electron chi connectivity index (χ3n) is 5.72. The fourth-order valence-electron chi connectivity index (χ4n) is 3.90. The zero-order chi connectivity index (χ0) is 16.7. The summed E-state index contributed by atoms with van der Waals surface area (Å²) in [5.41, 5.74) is 0. The first-order valence-corrected chi connectivity index (χ1v) is 9.06. The summed E-state index contributed by atoms with van der Waals surface area (Å²) in [6, 6.07) is 0.313. The summed E-state index contributed by atoms with van der Waals surface area (Å²) < 4.78 is 1.78. The fraction of sp³-hybridized carbons (Fsp3) is 0.765. The van der Waals surface area contributed by atoms with Gasteiger partial charge in [-0.2, -0.15) is 5.10 Å². The molecular formula is C17H25N5O2. The van der Waals surface area contributed by atoms with Gasteiger partial charge < -0.3 is 10.2 Å². The van der Waals surface area contributed by atoms with Crippen LogP contribution in [0.3, 0.4) is 0 Å². The van der Waals surface area contributed by atoms with E-state index in [9.17, 15) is 9.59 Å². The average molecular weight is 331 g/mol. The number of rotatable bonds is 3. The number of hydrogen-bond donors (Lipinski definition) is 1. The lowest BCUT2D eigenvalue weighted by atomic mass is 9.75. The summed E-state index contributed by atoms with van der Waals surface area (Å²) in [6.07, 6.45) is 6.75. The Morgan fingerprint density at radius 3 is 2.67 bits per heavy atom. The molecule has 2 aliphatic carbocycles. The fourth-order valence-corrected chi connectivity index (χ4v) is 3.90. The van der Waals surface area contributed by atoms with E-state index in [1.54, 1.807) is 4.68 Å². The minimum absolute atomic E-state index is 0.0443. The largest absolute Gasteiger partial charge is 0.353 e. The SMILES string of the molecule is CC1CC(C(=O)N2Cc3ncnn3CC(C(=O)NC3CCC3)C2)C1. The third-order valence-corrected chi connectivity index (χ3v) is 5.72. The van der Waals surface area contributed by atoms with Gasteiger partial charge in [0, 0.05) is 18.5 Å². The molecule has 2 fully saturated rings. The Morgan fingerprint density at radius 2 is 2.00 bits per heavy atom. The molecule has 2 heterocycles. The van der Waals surface area contributed by atoms with Gasteiger partial charge in [-0.25, -0.2) is 9.67 Å². The molecule has 0 saturated heterocycles. The summed E-state index contributed by atoms with van der Waals surface area (Å²) in [6.45, 7) is 3.60. The normalized spacial score (nSPS) is 29.9. The summed E-state index contributed by atoms with van der Waals surface area (Å²) >= 11 is 0. The number of nitrogens with one attached hydrogen (secondary N) is 1. The van der Waals surface area contributed by atoms with Crippen molar-refractivity contribution in [3.63, 3.8) is 0 Å². The number of carbonyl (C=O) groups is 2. The standard InChI is InChI=1S/C17H25N5O2/c1-11-5-12(6-11)17(24)21-7-13(16(23)20-14-3-2-4-14)8-22-15(9-21)18-10-19-22/h10-14H,2-9H2,1H3,(H,20,23). The van der Waals surface area contributed by atoms with Gasteiger partial charge in [0.2, 0.25) is 11.8 Å². The van der Waals surface area contributed by atoms with E-state index in [0.29, 0.717) is 31.6 Å². The van der Waals surface area contributed by atoms with Crippen molar-refractivity contribution in [1.82, 2.24) is 25.0 Å². The van der Waals surface area contributed by atoms with Crippen molar-refractivity contribution in [3.8, 4) is 0 Å². The van der Waals surface area contributed by atoms with Gasteiger partial charge in [-0.05, 0) is 38.0 Å². The van der Waals surface area contributed by atoms with Gasteiger partial charge >= 0.3 is 0 Å². The molecule has 1 unspecified atom stereocenters. The molecule has 1 N–H and O–H groups in total. The number of aromatic nitrogens is 3. The van der Waals surface area contributed by atoms with Gasteiger partial charge in [0.25, 0.3) is 0 Å². The molecule has 2 saturated carbocycles. The third kappa shape index (κ3) is 2.91. The van der Waals surface area contributed by atoms with E-state index in [0.717, 1.165) is 31.5 Å². The van der Waals surface area contributed by atoms with Crippen LogP contribution in [-0.2, 0) is 22.7 Å². The summed E-state index contributed by atoms with van der Waals surface area (Å²) in [5.74, 6) is 1.48. The molecule has 24 heavy (non-hydrogen) atoms. The van der Waals surface area contributed by atoms with Gasteiger partial charge in [0.15, 0.2) is 0 Å². The maximum atomic E-state index is 12.8. The quantitative estimate of drug-likeness (QED) is 0.894. The maximum absolute atomic E-state index is 12.8. The topological polar surface area (TPSA) is 80.1 Å². The van der Waals surface area contributed by atoms with Crippen LogP contribution in [0.5, 0.6) is 0 Å². The lowest BCUT2D eigenvalue weighted by Crippen LogP contribution is -2.48. The molecule has 0 spiro atoms. The Hall–Kier alpha value is -1.92. The number of amides is 2. The molecule has 1 aliphatic heterocycles. The van der Waals surface area contributed by atoms with Gasteiger partial charge in [0.05, 0.1) is 19.0 Å². The van der Waals surface area contributed by atoms with Crippen LogP contribution >= 0.6 is 0 Å². The molecule has 1 aromatic heterocycles. The van der Waals surface area contributed by atoms with Crippen LogP contribution in [-0.4, -0.2) is 44.1 Å². The van der Waals surface area contributed by atoms with Gasteiger partial charge in [-0.1, -0.05) is 6.92 Å². The molecule has 0 bridgehead atoms. The molecular weight excluding hydrogens is 306 g/mol. The average Bonchev–Trinajstić information content (AvgIpc) is 2.84. The van der Waals surface area contributed by atoms with E-state index in [1.807, 2.05) is 4.90 Å². The Kier molecular flexibility index (Phi) is 4.02. The van der Waals surface area contributed by atoms with Gasteiger partial charge in [-0.3, -0.25) is 9.59 Å². The summed E-state index contributed by atoms with van der Waals surface area (Å²) in [4.78, 5) is 31.6. The first-order chi connectivity index (χ1) is 11.6. The monoisotopic (exact) mass is 331 g/mol. The second kappa shape index (κ2) is 6.18. The van der Waals surface area contributed by atoms with E-state index in [2.05, 4.69) is 22.3 Å². The number of fused-ring (bicyclic) bond motifs is 1. The Morgan fingerprint density at radius 1 is 1.21 bits per heavy atom. The number of nitrogens with zero attached hydrogens (tertiary/aromatic N) is 4. The van der Waals surface area contributed by atoms with Crippen LogP contribution in [0.4, 0.5) is 0 Å². The highest BCUT2D eigenvalue weighted by molar-refractivity contribution is 5.82. The minimum Gasteiger partial charge on any atom is -0.353 e. The van der Waals surface area contributed by atoms with Crippen molar-refractivity contribution < 1.29 is 9.59 Å². The lowest BCUT2D eigenvalue weighted by molar-refractivity contribution is -0.141. The minimum atomic E-state index is -0.255. The maximum Gasteiger partial charge on any atom is 0.226 e. The lowest BCUT2D eigenvalue weighted by Gasteiger charge is -2.36. The van der Waals surface area contributed by atoms with Crippen molar-refractivity contribution in [2.75, 3.05) is 6.54 Å². The predicted molar refractivity (Wildman–Crippen MR) is 86.6 cm³/mol. The van der Waals surface area contributed by atoms with Crippen molar-refractivity contribution >= 4 is 11.8 Å². The first-order valence-electron chi connectivity index (χ1n) is 9.06. The Bertz CT molecular complexity index is 633. The smallest absolute Gasteiger partial charge is 0.226 e. The zero-order valence-corrected chi connectivity index (χ0v) is 14.1. The first kappa shape index (κ1) is 15.6. The number of hydrogen-bond acceptors (Lipinski definition) is 4. The van der Waals surface area contributed by atoms with Crippen molar-refractivity contribution in [2.24, 2.45) is 17.8 Å². The van der Waals surface area contributed by atoms with Crippen LogP contribution in [0.25, 0.3) is 0 Å². The van der Waals surface area contributed by atoms with E-state index in [4.69, 9.17) is 0 Å². The van der Waals surface area contributed by atoms with Crippen LogP contribution < -0.4 is 5.32 Å². The van der Waals surface area contributed by atoms with Gasteiger partial charge in [-0.15, -0.1) is 0 Å². The molecule has 0 aromatic carbocycles. The second-order valence-corrected chi connectivity index (χ2v) is 7.68. The highest BCUT2D eigenvalue weighted by atomic mass is 16.2. The molecule has 3 aliphatic rings. The predicted octanol–water partition coefficient (Wildman–Crippen LogP) is 0.951. The van der Waals surface area contributed by atoms with Crippen molar-refractivity contribution in [2.45, 2.75) is 58.2 Å². The second-order valence-electron chi connectivity index (χ2n) is 7.68. The molecule has 7 heteroatoms. The van der Waals surface area contributed by atoms with Crippen LogP contribution in [0.15, 0.2) is 6.33 Å². The molecule has 7 nitrogen and oxygen atoms in total. The molecule has 0 radical (unpaired) electrons. The van der Waals surface area contributed by atoms with Crippen molar-refractivity contribution in [3.05, 3.63) is 12.2 Å². The van der Waals surface area contributed by atoms with Crippen LogP contribution in [0, 0.1) is 17.8 Å². The van der Waals surface area contributed by atoms with E-state index >= 15 is 0 Å². The highest BCUT2D eigenvalue weighted by Gasteiger charge is 2.38. The Balaban J connectivity index is 1.49. The van der Waals surface area contributed by atoms with Crippen LogP contribution in [0.2, 0.25) is 0 Å². The number of carbonyl (C=O) groups excluding carboxylic acids is 2. The molecule has 4 rings (SSSR count). The molecule has 2 amide bonds. The summed E-state index contributed by atoms with van der Waals surface area (Å²) in [5, 5.41) is 7.36. The summed E-state index contributed by atoms with van der Waals surface area (Å²) in [7, 11) is 0. The molecule has 130 valence electrons. The van der Waals surface area contributed by atoms with E-state index < -0.39 is 0 Å². The molecule has 1 aromatic rings. The van der Waals surface area contributed by atoms with Gasteiger partial charge in [0.1, 0.15) is 12.2 Å². The Labute approximate surface area is 141 Å². The van der Waals surface area contributed by atoms with E-state index in [1.165, 1.54) is 12.7 Å².